The first-order valence-corrected chi connectivity index (χ1v) is 46.1. The lowest BCUT2D eigenvalue weighted by Crippen LogP contribution is -2.30. The van der Waals surface area contributed by atoms with E-state index in [-0.39, 0.29) is 25.7 Å². The van der Waals surface area contributed by atoms with Crippen molar-refractivity contribution in [3.8, 4) is 0 Å². The SMILES string of the molecule is CCCCCCCCCCCCCCCCCCCCCCCCC(=O)O[C@H](COC(=O)CCCCCCCCCCCCCCCCCCC)COP(=O)(O)OC[C@@H](O)COP(=O)(O)OC[C@@H](COC(=O)CCCCCCCCCC)OC(=O)CCCCCCCCCCCCCCC(C)C. The number of rotatable bonds is 83. The van der Waals surface area contributed by atoms with Crippen molar-refractivity contribution in [2.45, 2.75) is 464 Å². The van der Waals surface area contributed by atoms with Crippen LogP contribution in [-0.4, -0.2) is 96.7 Å². The lowest BCUT2D eigenvalue weighted by Gasteiger charge is -2.21. The predicted molar refractivity (Wildman–Crippen MR) is 418 cm³/mol. The number of phosphoric ester groups is 2. The highest BCUT2D eigenvalue weighted by molar-refractivity contribution is 7.47. The third-order valence-electron chi connectivity index (χ3n) is 19.5. The molecule has 0 aromatic carbocycles. The zero-order valence-corrected chi connectivity index (χ0v) is 68.5. The number of ether oxygens (including phenoxy) is 4. The zero-order chi connectivity index (χ0) is 74.8. The van der Waals surface area contributed by atoms with Crippen molar-refractivity contribution >= 4 is 39.5 Å². The summed E-state index contributed by atoms with van der Waals surface area (Å²) in [6.45, 7) is 7.32. The van der Waals surface area contributed by atoms with Crippen LogP contribution in [0, 0.1) is 5.92 Å². The summed E-state index contributed by atoms with van der Waals surface area (Å²) in [7, 11) is -9.92. The minimum atomic E-state index is -4.96. The van der Waals surface area contributed by atoms with E-state index < -0.39 is 97.5 Å². The summed E-state index contributed by atoms with van der Waals surface area (Å²) in [4.78, 5) is 73.0. The van der Waals surface area contributed by atoms with Gasteiger partial charge in [0.1, 0.15) is 19.3 Å². The van der Waals surface area contributed by atoms with E-state index in [1.165, 1.54) is 263 Å². The van der Waals surface area contributed by atoms with Crippen LogP contribution in [0.25, 0.3) is 0 Å². The van der Waals surface area contributed by atoms with Gasteiger partial charge in [0, 0.05) is 25.7 Å². The Morgan fingerprint density at radius 3 is 0.667 bits per heavy atom. The summed E-state index contributed by atoms with van der Waals surface area (Å²) < 4.78 is 68.7. The second-order valence-electron chi connectivity index (χ2n) is 30.3. The van der Waals surface area contributed by atoms with Crippen molar-refractivity contribution in [3.05, 3.63) is 0 Å². The van der Waals surface area contributed by atoms with E-state index in [1.54, 1.807) is 0 Å². The van der Waals surface area contributed by atoms with E-state index in [0.717, 1.165) is 102 Å². The van der Waals surface area contributed by atoms with Crippen LogP contribution in [-0.2, 0) is 65.4 Å². The number of aliphatic hydroxyl groups is 1. The van der Waals surface area contributed by atoms with Crippen molar-refractivity contribution in [2.24, 2.45) is 5.92 Å². The smallest absolute Gasteiger partial charge is 0.462 e. The summed E-state index contributed by atoms with van der Waals surface area (Å²) >= 11 is 0. The molecule has 0 aromatic rings. The zero-order valence-electron chi connectivity index (χ0n) is 66.8. The van der Waals surface area contributed by atoms with Gasteiger partial charge < -0.3 is 33.8 Å². The van der Waals surface area contributed by atoms with Crippen LogP contribution in [0.4, 0.5) is 0 Å². The molecule has 0 radical (unpaired) electrons. The van der Waals surface area contributed by atoms with Gasteiger partial charge in [-0.2, -0.15) is 0 Å². The predicted octanol–water partition coefficient (Wildman–Crippen LogP) is 25.2. The van der Waals surface area contributed by atoms with Gasteiger partial charge in [-0.1, -0.05) is 394 Å². The van der Waals surface area contributed by atoms with Crippen molar-refractivity contribution < 1.29 is 80.2 Å². The average molecular weight is 1490 g/mol. The molecule has 0 saturated carbocycles. The number of hydrogen-bond donors (Lipinski definition) is 3. The maximum absolute atomic E-state index is 13.1. The van der Waals surface area contributed by atoms with Gasteiger partial charge in [0.2, 0.25) is 0 Å². The Kier molecular flexibility index (Phi) is 74.4. The molecule has 0 heterocycles. The molecule has 0 aliphatic carbocycles. The molecule has 0 rings (SSSR count). The highest BCUT2D eigenvalue weighted by Gasteiger charge is 2.30. The van der Waals surface area contributed by atoms with E-state index in [1.807, 2.05) is 0 Å². The van der Waals surface area contributed by atoms with Gasteiger partial charge in [0.05, 0.1) is 26.4 Å². The first-order valence-electron chi connectivity index (χ1n) is 43.1. The van der Waals surface area contributed by atoms with Crippen LogP contribution in [0.3, 0.4) is 0 Å². The molecular weight excluding hydrogens is 1330 g/mol. The quantitative estimate of drug-likeness (QED) is 0.0222. The molecule has 0 amide bonds. The Hall–Kier alpha value is -1.94. The number of carbonyl (C=O) groups is 4. The largest absolute Gasteiger partial charge is 0.472 e. The summed E-state index contributed by atoms with van der Waals surface area (Å²) in [5.41, 5.74) is 0. The first-order chi connectivity index (χ1) is 49.5. The van der Waals surface area contributed by atoms with Gasteiger partial charge in [-0.3, -0.25) is 37.3 Å². The Bertz CT molecular complexity index is 1940. The minimum absolute atomic E-state index is 0.107. The molecule has 0 spiro atoms. The lowest BCUT2D eigenvalue weighted by molar-refractivity contribution is -0.161. The molecule has 2 unspecified atom stereocenters. The number of phosphoric acid groups is 2. The molecule has 0 fully saturated rings. The van der Waals surface area contributed by atoms with Gasteiger partial charge in [-0.25, -0.2) is 9.13 Å². The average Bonchev–Trinajstić information content (AvgIpc) is 0.928. The number of hydrogen-bond acceptors (Lipinski definition) is 15. The Labute approximate surface area is 626 Å². The number of aliphatic hydroxyl groups excluding tert-OH is 1. The van der Waals surface area contributed by atoms with E-state index >= 15 is 0 Å². The normalized spacial score (nSPS) is 13.8. The van der Waals surface area contributed by atoms with E-state index in [9.17, 15) is 43.2 Å². The highest BCUT2D eigenvalue weighted by atomic mass is 31.2. The maximum atomic E-state index is 13.1. The molecular formula is C83H162O17P2. The van der Waals surface area contributed by atoms with Crippen molar-refractivity contribution in [1.82, 2.24) is 0 Å². The van der Waals surface area contributed by atoms with Crippen LogP contribution in [0.5, 0.6) is 0 Å². The van der Waals surface area contributed by atoms with Gasteiger partial charge in [0.15, 0.2) is 12.2 Å². The topological polar surface area (TPSA) is 237 Å². The Morgan fingerprint density at radius 1 is 0.265 bits per heavy atom. The number of esters is 4. The van der Waals surface area contributed by atoms with Crippen LogP contribution in [0.2, 0.25) is 0 Å². The van der Waals surface area contributed by atoms with Crippen LogP contribution in [0.15, 0.2) is 0 Å². The van der Waals surface area contributed by atoms with Crippen molar-refractivity contribution in [1.29, 1.82) is 0 Å². The second kappa shape index (κ2) is 75.9. The monoisotopic (exact) mass is 1490 g/mol. The van der Waals surface area contributed by atoms with E-state index in [2.05, 4.69) is 34.6 Å². The maximum Gasteiger partial charge on any atom is 0.472 e. The highest BCUT2D eigenvalue weighted by Crippen LogP contribution is 2.45. The molecule has 3 N–H and O–H groups in total. The number of carbonyl (C=O) groups excluding carboxylic acids is 4. The van der Waals surface area contributed by atoms with Crippen molar-refractivity contribution in [2.75, 3.05) is 39.6 Å². The molecule has 0 saturated heterocycles. The Morgan fingerprint density at radius 2 is 0.451 bits per heavy atom. The van der Waals surface area contributed by atoms with Crippen molar-refractivity contribution in [3.63, 3.8) is 0 Å². The van der Waals surface area contributed by atoms with Crippen LogP contribution in [0.1, 0.15) is 446 Å². The summed E-state index contributed by atoms with van der Waals surface area (Å²) in [6, 6.07) is 0. The molecule has 102 heavy (non-hydrogen) atoms. The molecule has 17 nitrogen and oxygen atoms in total. The number of unbranched alkanes of at least 4 members (excludes halogenated alkanes) is 55. The van der Waals surface area contributed by atoms with E-state index in [4.69, 9.17) is 37.0 Å². The first kappa shape index (κ1) is 100. The van der Waals surface area contributed by atoms with E-state index in [0.29, 0.717) is 25.7 Å². The third-order valence-corrected chi connectivity index (χ3v) is 21.4. The minimum Gasteiger partial charge on any atom is -0.462 e. The lowest BCUT2D eigenvalue weighted by atomic mass is 10.0. The second-order valence-corrected chi connectivity index (χ2v) is 33.3. The van der Waals surface area contributed by atoms with Gasteiger partial charge in [0.25, 0.3) is 0 Å². The fourth-order valence-corrected chi connectivity index (χ4v) is 14.5. The standard InChI is InChI=1S/C83H162O17P2/c1-6-9-12-15-18-21-23-25-27-29-30-31-32-33-35-37-39-44-48-53-58-63-68-82(87)100-79(73-94-81(86)67-62-57-52-47-43-38-36-34-28-26-24-22-19-16-13-10-7-2)75-98-102(91,92)96-71-77(84)70-95-101(89,90)97-74-78(72-93-80(85)66-61-56-51-20-17-14-11-8-3)99-83(88)69-64-59-54-49-45-41-40-42-46-50-55-60-65-76(4)5/h76-79,84H,6-75H2,1-5H3,(H,89,90)(H,91,92)/t77-,78+,79+/m0/s1. The fraction of sp³-hybridized carbons (Fsp3) is 0.952. The van der Waals surface area contributed by atoms with Crippen LogP contribution >= 0.6 is 15.6 Å². The molecule has 606 valence electrons. The summed E-state index contributed by atoms with van der Waals surface area (Å²) in [5.74, 6) is -1.33. The van der Waals surface area contributed by atoms with Gasteiger partial charge in [-0.05, 0) is 31.6 Å². The fourth-order valence-electron chi connectivity index (χ4n) is 12.9. The molecule has 0 aliphatic heterocycles. The molecule has 5 atom stereocenters. The molecule has 19 heteroatoms. The van der Waals surface area contributed by atoms with Crippen LogP contribution < -0.4 is 0 Å². The molecule has 0 aliphatic rings. The van der Waals surface area contributed by atoms with Gasteiger partial charge in [-0.15, -0.1) is 0 Å². The Balaban J connectivity index is 5.18. The molecule has 0 bridgehead atoms. The third kappa shape index (κ3) is 76.3. The molecule has 0 aromatic heterocycles. The van der Waals surface area contributed by atoms with Gasteiger partial charge >= 0.3 is 39.5 Å². The summed E-state index contributed by atoms with van der Waals surface area (Å²) in [5, 5.41) is 10.6. The summed E-state index contributed by atoms with van der Waals surface area (Å²) in [6.07, 6.45) is 68.2.